The number of carbonyl (C=O) groups excluding carboxylic acids is 2. The number of benzene rings is 2. The maximum atomic E-state index is 13.6. The number of carbonyl (C=O) groups is 2. The molecule has 0 aliphatic rings. The number of aryl methyl sites for hydroxylation is 1. The summed E-state index contributed by atoms with van der Waals surface area (Å²) in [7, 11) is 4.06. The van der Waals surface area contributed by atoms with Gasteiger partial charge in [-0.2, -0.15) is 0 Å². The fourth-order valence-corrected chi connectivity index (χ4v) is 4.55. The average Bonchev–Trinajstić information content (AvgIpc) is 3.27. The highest BCUT2D eigenvalue weighted by atomic mass is 32.2. The number of nitrogens with zero attached hydrogens (tertiary/aromatic N) is 3. The molecule has 1 N–H and O–H groups in total. The Balaban J connectivity index is 1.76. The number of amides is 2. The second kappa shape index (κ2) is 13.1. The van der Waals surface area contributed by atoms with E-state index >= 15 is 0 Å². The van der Waals surface area contributed by atoms with E-state index in [-0.39, 0.29) is 23.6 Å². The number of hydrogen-bond donors (Lipinski definition) is 1. The van der Waals surface area contributed by atoms with E-state index < -0.39 is 5.25 Å². The third-order valence-corrected chi connectivity index (χ3v) is 6.70. The maximum Gasteiger partial charge on any atom is 0.238 e. The molecule has 0 radical (unpaired) electrons. The van der Waals surface area contributed by atoms with Gasteiger partial charge in [-0.05, 0) is 52.0 Å². The monoisotopic (exact) mass is 494 g/mol. The predicted octanol–water partition coefficient (Wildman–Crippen LogP) is 4.61. The molecule has 8 heteroatoms. The van der Waals surface area contributed by atoms with Crippen molar-refractivity contribution in [2.45, 2.75) is 31.6 Å². The molecule has 0 aliphatic heterocycles. The van der Waals surface area contributed by atoms with Gasteiger partial charge < -0.3 is 19.6 Å². The Bertz CT molecular complexity index is 1030. The van der Waals surface area contributed by atoms with E-state index in [2.05, 4.69) is 39.6 Å². The summed E-state index contributed by atoms with van der Waals surface area (Å²) in [4.78, 5) is 30.3. The van der Waals surface area contributed by atoms with Crippen LogP contribution in [0.4, 0.5) is 5.82 Å². The molecular weight excluding hydrogens is 460 g/mol. The lowest BCUT2D eigenvalue weighted by atomic mass is 9.96. The lowest BCUT2D eigenvalue weighted by Gasteiger charge is -2.33. The molecule has 0 saturated heterocycles. The van der Waals surface area contributed by atoms with Crippen LogP contribution in [0.15, 0.2) is 71.3 Å². The van der Waals surface area contributed by atoms with Gasteiger partial charge in [0.1, 0.15) is 5.76 Å². The zero-order valence-corrected chi connectivity index (χ0v) is 21.6. The summed E-state index contributed by atoms with van der Waals surface area (Å²) in [5, 5.41) is 6.12. The van der Waals surface area contributed by atoms with Gasteiger partial charge in [-0.1, -0.05) is 65.8 Å². The molecule has 1 atom stereocenters. The molecular formula is C27H34N4O3S. The largest absolute Gasteiger partial charge is 0.360 e. The van der Waals surface area contributed by atoms with Crippen LogP contribution in [-0.4, -0.2) is 65.0 Å². The molecule has 1 heterocycles. The first-order chi connectivity index (χ1) is 16.8. The summed E-state index contributed by atoms with van der Waals surface area (Å²) in [5.74, 6) is 0.994. The van der Waals surface area contributed by atoms with Crippen molar-refractivity contribution in [3.05, 3.63) is 83.6 Å². The lowest BCUT2D eigenvalue weighted by molar-refractivity contribution is -0.130. The Morgan fingerprint density at radius 2 is 1.60 bits per heavy atom. The fraction of sp³-hybridized carbons (Fsp3) is 0.370. The molecule has 0 unspecified atom stereocenters. The molecule has 7 nitrogen and oxygen atoms in total. The van der Waals surface area contributed by atoms with Crippen molar-refractivity contribution in [1.29, 1.82) is 0 Å². The molecule has 3 rings (SSSR count). The Morgan fingerprint density at radius 3 is 2.11 bits per heavy atom. The van der Waals surface area contributed by atoms with Crippen LogP contribution in [0.5, 0.6) is 0 Å². The normalized spacial score (nSPS) is 12.1. The molecule has 0 fully saturated rings. The van der Waals surface area contributed by atoms with E-state index in [0.29, 0.717) is 18.1 Å². The first-order valence-electron chi connectivity index (χ1n) is 11.7. The summed E-state index contributed by atoms with van der Waals surface area (Å²) in [5.41, 5.74) is 2.13. The van der Waals surface area contributed by atoms with Gasteiger partial charge in [0, 0.05) is 12.6 Å². The van der Waals surface area contributed by atoms with Gasteiger partial charge in [-0.3, -0.25) is 9.59 Å². The van der Waals surface area contributed by atoms with Gasteiger partial charge in [-0.15, -0.1) is 11.8 Å². The summed E-state index contributed by atoms with van der Waals surface area (Å²) >= 11 is 1.32. The summed E-state index contributed by atoms with van der Waals surface area (Å²) in [6.07, 6.45) is 0.848. The second-order valence-electron chi connectivity index (χ2n) is 8.73. The third kappa shape index (κ3) is 7.97. The first-order valence-corrected chi connectivity index (χ1v) is 12.8. The molecule has 2 aromatic carbocycles. The van der Waals surface area contributed by atoms with Crippen LogP contribution in [0.3, 0.4) is 0 Å². The van der Waals surface area contributed by atoms with Crippen LogP contribution in [-0.2, 0) is 9.59 Å². The van der Waals surface area contributed by atoms with E-state index in [1.165, 1.54) is 11.8 Å². The summed E-state index contributed by atoms with van der Waals surface area (Å²) in [6.45, 7) is 5.05. The molecule has 0 saturated carbocycles. The van der Waals surface area contributed by atoms with Gasteiger partial charge in [-0.25, -0.2) is 0 Å². The first kappa shape index (κ1) is 26.5. The third-order valence-electron chi connectivity index (χ3n) is 5.57. The van der Waals surface area contributed by atoms with E-state index in [4.69, 9.17) is 4.52 Å². The standard InChI is InChI=1S/C27H34N4O3S/c1-20-18-24(29-34-20)28-27(33)21(2)35-19-25(32)31(17-11-16-30(3)4)26(22-12-7-5-8-13-22)23-14-9-6-10-15-23/h5-10,12-15,18,21,26H,11,16-17,19H2,1-4H3,(H,28,29,33)/t21-/m0/s1. The minimum atomic E-state index is -0.425. The van der Waals surface area contributed by atoms with Crippen LogP contribution in [0.25, 0.3) is 0 Å². The second-order valence-corrected chi connectivity index (χ2v) is 10.1. The smallest absolute Gasteiger partial charge is 0.238 e. The van der Waals surface area contributed by atoms with Crippen molar-refractivity contribution in [2.75, 3.05) is 38.3 Å². The van der Waals surface area contributed by atoms with E-state index in [0.717, 1.165) is 24.1 Å². The minimum Gasteiger partial charge on any atom is -0.360 e. The number of rotatable bonds is 12. The molecule has 3 aromatic rings. The van der Waals surface area contributed by atoms with Gasteiger partial charge in [0.15, 0.2) is 5.82 Å². The minimum absolute atomic E-state index is 0.00314. The summed E-state index contributed by atoms with van der Waals surface area (Å²) < 4.78 is 5.00. The molecule has 0 bridgehead atoms. The topological polar surface area (TPSA) is 78.7 Å². The highest BCUT2D eigenvalue weighted by Crippen LogP contribution is 2.30. The molecule has 35 heavy (non-hydrogen) atoms. The Morgan fingerprint density at radius 1 is 1.00 bits per heavy atom. The Labute approximate surface area is 211 Å². The number of thioether (sulfide) groups is 1. The number of nitrogens with one attached hydrogen (secondary N) is 1. The number of hydrogen-bond acceptors (Lipinski definition) is 6. The van der Waals surface area contributed by atoms with Crippen LogP contribution in [0.1, 0.15) is 36.3 Å². The molecule has 1 aromatic heterocycles. The number of anilines is 1. The highest BCUT2D eigenvalue weighted by molar-refractivity contribution is 8.01. The van der Waals surface area contributed by atoms with E-state index in [1.807, 2.05) is 55.4 Å². The van der Waals surface area contributed by atoms with Crippen LogP contribution in [0, 0.1) is 6.92 Å². The predicted molar refractivity (Wildman–Crippen MR) is 141 cm³/mol. The van der Waals surface area contributed by atoms with E-state index in [1.54, 1.807) is 19.9 Å². The SMILES string of the molecule is Cc1cc(NC(=O)[C@H](C)SCC(=O)N(CCCN(C)C)C(c2ccccc2)c2ccccc2)no1. The van der Waals surface area contributed by atoms with Crippen molar-refractivity contribution >= 4 is 29.4 Å². The van der Waals surface area contributed by atoms with Crippen molar-refractivity contribution in [2.24, 2.45) is 0 Å². The highest BCUT2D eigenvalue weighted by Gasteiger charge is 2.27. The van der Waals surface area contributed by atoms with Crippen molar-refractivity contribution < 1.29 is 14.1 Å². The van der Waals surface area contributed by atoms with Crippen LogP contribution in [0.2, 0.25) is 0 Å². The molecule has 0 spiro atoms. The zero-order chi connectivity index (χ0) is 25.2. The van der Waals surface area contributed by atoms with Crippen LogP contribution < -0.4 is 5.32 Å². The van der Waals surface area contributed by atoms with Gasteiger partial charge in [0.2, 0.25) is 11.8 Å². The van der Waals surface area contributed by atoms with E-state index in [9.17, 15) is 9.59 Å². The molecule has 186 valence electrons. The number of aromatic nitrogens is 1. The van der Waals surface area contributed by atoms with Gasteiger partial charge in [0.05, 0.1) is 17.0 Å². The van der Waals surface area contributed by atoms with Crippen molar-refractivity contribution in [1.82, 2.24) is 15.0 Å². The molecule has 2 amide bonds. The molecule has 0 aliphatic carbocycles. The summed E-state index contributed by atoms with van der Waals surface area (Å²) in [6, 6.07) is 21.7. The quantitative estimate of drug-likeness (QED) is 0.396. The maximum absolute atomic E-state index is 13.6. The Kier molecular flexibility index (Phi) is 9.93. The average molecular weight is 495 g/mol. The fourth-order valence-electron chi connectivity index (χ4n) is 3.79. The lowest BCUT2D eigenvalue weighted by Crippen LogP contribution is -2.39. The van der Waals surface area contributed by atoms with Crippen molar-refractivity contribution in [3.63, 3.8) is 0 Å². The van der Waals surface area contributed by atoms with Crippen molar-refractivity contribution in [3.8, 4) is 0 Å². The van der Waals surface area contributed by atoms with Gasteiger partial charge >= 0.3 is 0 Å². The Hall–Kier alpha value is -3.10. The van der Waals surface area contributed by atoms with Gasteiger partial charge in [0.25, 0.3) is 0 Å². The van der Waals surface area contributed by atoms with Crippen LogP contribution >= 0.6 is 11.8 Å². The zero-order valence-electron chi connectivity index (χ0n) is 20.8.